The third-order valence-corrected chi connectivity index (χ3v) is 4.95. The Morgan fingerprint density at radius 2 is 2.07 bits per heavy atom. The number of rotatable bonds is 5. The second-order valence-corrected chi connectivity index (χ2v) is 7.30. The molecule has 13 nitrogen and oxygen atoms in total. The minimum atomic E-state index is -5.11. The fourth-order valence-corrected chi connectivity index (χ4v) is 3.90. The van der Waals surface area contributed by atoms with Gasteiger partial charge >= 0.3 is 13.5 Å². The molecule has 0 saturated carbocycles. The van der Waals surface area contributed by atoms with Crippen LogP contribution in [0.2, 0.25) is 0 Å². The Morgan fingerprint density at radius 3 is 2.63 bits per heavy atom. The maximum atomic E-state index is 12.5. The van der Waals surface area contributed by atoms with Crippen LogP contribution in [0.15, 0.2) is 17.1 Å². The number of anilines is 1. The van der Waals surface area contributed by atoms with Crippen LogP contribution in [-0.2, 0) is 24.4 Å². The summed E-state index contributed by atoms with van der Waals surface area (Å²) in [5.41, 5.74) is 4.64. The van der Waals surface area contributed by atoms with Crippen molar-refractivity contribution in [2.24, 2.45) is 0 Å². The number of nitrogens with two attached hydrogens (primary N) is 1. The van der Waals surface area contributed by atoms with Gasteiger partial charge in [-0.1, -0.05) is 0 Å². The van der Waals surface area contributed by atoms with Gasteiger partial charge in [0.15, 0.2) is 6.10 Å². The van der Waals surface area contributed by atoms with E-state index in [-0.39, 0.29) is 32.1 Å². The molecule has 3 rings (SSSR count). The van der Waals surface area contributed by atoms with E-state index in [1.54, 1.807) is 0 Å². The summed E-state index contributed by atoms with van der Waals surface area (Å²) in [4.78, 5) is 36.4. The summed E-state index contributed by atoms with van der Waals surface area (Å²) in [5, 5.41) is 20.1. The van der Waals surface area contributed by atoms with Crippen molar-refractivity contribution < 1.29 is 38.6 Å². The van der Waals surface area contributed by atoms with Gasteiger partial charge in [-0.15, -0.1) is 0 Å². The zero-order valence-corrected chi connectivity index (χ0v) is 15.0. The lowest BCUT2D eigenvalue weighted by atomic mass is 10.1. The number of aliphatic hydroxyl groups excluding tert-OH is 2. The van der Waals surface area contributed by atoms with E-state index in [1.165, 1.54) is 17.2 Å². The molecule has 0 radical (unpaired) electrons. The molecule has 1 aromatic heterocycles. The summed E-state index contributed by atoms with van der Waals surface area (Å²) in [6, 6.07) is 1.29. The Balaban J connectivity index is 2.19. The Bertz CT molecular complexity index is 779. The molecule has 0 bridgehead atoms. The number of aliphatic hydroxyl groups is 2. The van der Waals surface area contributed by atoms with Crippen LogP contribution in [-0.4, -0.2) is 85.7 Å². The smallest absolute Gasteiger partial charge is 0.394 e. The summed E-state index contributed by atoms with van der Waals surface area (Å²) < 4.78 is 28.4. The lowest BCUT2D eigenvalue weighted by Gasteiger charge is -2.45. The van der Waals surface area contributed by atoms with E-state index in [2.05, 4.69) is 4.98 Å². The normalized spacial score (nSPS) is 32.7. The van der Waals surface area contributed by atoms with Gasteiger partial charge in [-0.3, -0.25) is 14.0 Å². The molecule has 152 valence electrons. The number of nitrogens with zero attached hydrogens (tertiary/aromatic N) is 3. The summed E-state index contributed by atoms with van der Waals surface area (Å²) in [7, 11) is -5.11. The van der Waals surface area contributed by atoms with Crippen molar-refractivity contribution in [3.8, 4) is 0 Å². The second kappa shape index (κ2) is 7.54. The van der Waals surface area contributed by atoms with Gasteiger partial charge in [0.1, 0.15) is 18.0 Å². The van der Waals surface area contributed by atoms with E-state index in [0.717, 1.165) is 4.57 Å². The molecule has 0 aliphatic carbocycles. The molecular weight excluding hydrogens is 387 g/mol. The summed E-state index contributed by atoms with van der Waals surface area (Å²) in [6.45, 7) is 0.201. The molecule has 2 saturated heterocycles. The summed E-state index contributed by atoms with van der Waals surface area (Å²) >= 11 is 0. The highest BCUT2D eigenvalue weighted by Crippen LogP contribution is 2.48. The zero-order valence-electron chi connectivity index (χ0n) is 14.1. The number of phosphoric ester groups is 1. The van der Waals surface area contributed by atoms with Gasteiger partial charge in [0.05, 0.1) is 19.8 Å². The van der Waals surface area contributed by atoms with Crippen molar-refractivity contribution in [2.45, 2.75) is 24.2 Å². The Hall–Kier alpha value is -1.41. The van der Waals surface area contributed by atoms with Crippen molar-refractivity contribution in [1.29, 1.82) is 0 Å². The third kappa shape index (κ3) is 3.78. The average molecular weight is 408 g/mol. The third-order valence-electron chi connectivity index (χ3n) is 4.45. The Labute approximate surface area is 153 Å². The number of phosphoric acid groups is 1. The van der Waals surface area contributed by atoms with E-state index in [4.69, 9.17) is 19.7 Å². The first-order chi connectivity index (χ1) is 12.7. The molecule has 0 spiro atoms. The van der Waals surface area contributed by atoms with Crippen LogP contribution in [0.5, 0.6) is 0 Å². The summed E-state index contributed by atoms with van der Waals surface area (Å²) in [5.74, 6) is -2.05. The van der Waals surface area contributed by atoms with Crippen LogP contribution in [0.3, 0.4) is 0 Å². The highest BCUT2D eigenvalue weighted by atomic mass is 31.2. The number of hydrogen-bond donors (Lipinski definition) is 5. The van der Waals surface area contributed by atoms with E-state index < -0.39 is 44.3 Å². The van der Waals surface area contributed by atoms with Crippen LogP contribution in [0.1, 0.15) is 0 Å². The standard InChI is InChI=1S/C13H21N4O9P/c14-9-1-2-17(12(20)15-9)13(16-3-5-24-6-4-16)11(26-27(21,22)23)10(19)8(7-18)25-13/h1-2,8,10-11,18-19H,3-7H2,(H2,14,15,20)(H2,21,22,23)/t8-,10-,11-,13+/m1/s1. The van der Waals surface area contributed by atoms with Crippen molar-refractivity contribution in [1.82, 2.24) is 14.5 Å². The predicted molar refractivity (Wildman–Crippen MR) is 88.2 cm³/mol. The molecule has 2 aliphatic heterocycles. The number of morpholine rings is 1. The van der Waals surface area contributed by atoms with Crippen LogP contribution < -0.4 is 11.4 Å². The average Bonchev–Trinajstić information content (AvgIpc) is 2.88. The SMILES string of the molecule is Nc1ccn([C@]2(N3CCOCC3)O[C@H](CO)[C@@H](O)[C@H]2OP(=O)(O)O)c(=O)n1. The minimum absolute atomic E-state index is 0.0712. The van der Waals surface area contributed by atoms with Gasteiger partial charge in [0.2, 0.25) is 5.85 Å². The maximum Gasteiger partial charge on any atom is 0.470 e. The monoisotopic (exact) mass is 408 g/mol. The Morgan fingerprint density at radius 1 is 1.41 bits per heavy atom. The molecule has 3 heterocycles. The van der Waals surface area contributed by atoms with Gasteiger partial charge in [0, 0.05) is 19.3 Å². The minimum Gasteiger partial charge on any atom is -0.394 e. The lowest BCUT2D eigenvalue weighted by Crippen LogP contribution is -2.64. The summed E-state index contributed by atoms with van der Waals surface area (Å²) in [6.07, 6.45) is -3.40. The molecule has 6 N–H and O–H groups in total. The molecule has 0 unspecified atom stereocenters. The Kier molecular flexibility index (Phi) is 5.68. The molecule has 2 fully saturated rings. The molecule has 0 aromatic carbocycles. The van der Waals surface area contributed by atoms with E-state index in [9.17, 15) is 29.4 Å². The number of ether oxygens (including phenoxy) is 2. The van der Waals surface area contributed by atoms with Crippen LogP contribution in [0.25, 0.3) is 0 Å². The first kappa shape index (κ1) is 20.3. The van der Waals surface area contributed by atoms with E-state index in [1.807, 2.05) is 0 Å². The highest BCUT2D eigenvalue weighted by molar-refractivity contribution is 7.46. The fourth-order valence-electron chi connectivity index (χ4n) is 3.35. The van der Waals surface area contributed by atoms with Crippen molar-refractivity contribution in [3.63, 3.8) is 0 Å². The van der Waals surface area contributed by atoms with Crippen LogP contribution in [0, 0.1) is 0 Å². The van der Waals surface area contributed by atoms with E-state index >= 15 is 0 Å². The van der Waals surface area contributed by atoms with Crippen molar-refractivity contribution >= 4 is 13.6 Å². The number of hydrogen-bond acceptors (Lipinski definition) is 10. The molecule has 27 heavy (non-hydrogen) atoms. The highest BCUT2D eigenvalue weighted by Gasteiger charge is 2.62. The van der Waals surface area contributed by atoms with Crippen LogP contribution >= 0.6 is 7.82 Å². The van der Waals surface area contributed by atoms with Crippen LogP contribution in [0.4, 0.5) is 5.82 Å². The quantitative estimate of drug-likeness (QED) is 0.311. The molecule has 1 aromatic rings. The van der Waals surface area contributed by atoms with E-state index in [0.29, 0.717) is 0 Å². The molecule has 0 amide bonds. The lowest BCUT2D eigenvalue weighted by molar-refractivity contribution is -0.255. The molecule has 14 heteroatoms. The largest absolute Gasteiger partial charge is 0.470 e. The van der Waals surface area contributed by atoms with Gasteiger partial charge in [-0.25, -0.2) is 9.36 Å². The van der Waals surface area contributed by atoms with Gasteiger partial charge < -0.3 is 35.2 Å². The fraction of sp³-hybridized carbons (Fsp3) is 0.692. The number of nitrogen functional groups attached to an aromatic ring is 1. The maximum absolute atomic E-state index is 12.5. The zero-order chi connectivity index (χ0) is 19.8. The molecule has 4 atom stereocenters. The van der Waals surface area contributed by atoms with Gasteiger partial charge in [-0.05, 0) is 6.07 Å². The number of aromatic nitrogens is 2. The van der Waals surface area contributed by atoms with Gasteiger partial charge in [-0.2, -0.15) is 4.98 Å². The predicted octanol–water partition coefficient (Wildman–Crippen LogP) is -3.00. The first-order valence-electron chi connectivity index (χ1n) is 8.08. The first-order valence-corrected chi connectivity index (χ1v) is 9.61. The second-order valence-electron chi connectivity index (χ2n) is 6.11. The van der Waals surface area contributed by atoms with Crippen molar-refractivity contribution in [2.75, 3.05) is 38.6 Å². The molecular formula is C13H21N4O9P. The topological polar surface area (TPSA) is 190 Å². The van der Waals surface area contributed by atoms with Crippen molar-refractivity contribution in [3.05, 3.63) is 22.7 Å². The molecule has 2 aliphatic rings. The van der Waals surface area contributed by atoms with Gasteiger partial charge in [0.25, 0.3) is 0 Å².